The van der Waals surface area contributed by atoms with Gasteiger partial charge in [-0.25, -0.2) is 4.79 Å². The van der Waals surface area contributed by atoms with Crippen molar-refractivity contribution in [1.29, 1.82) is 0 Å². The molecule has 0 aliphatic heterocycles. The van der Waals surface area contributed by atoms with E-state index in [0.717, 1.165) is 0 Å². The van der Waals surface area contributed by atoms with Gasteiger partial charge >= 0.3 is 18.1 Å². The smallest absolute Gasteiger partial charge is 0.471 e. The van der Waals surface area contributed by atoms with E-state index in [1.807, 2.05) is 0 Å². The highest BCUT2D eigenvalue weighted by Gasteiger charge is 2.40. The molecule has 0 saturated heterocycles. The molecule has 1 aromatic rings. The minimum absolute atomic E-state index is 0.297. The lowest BCUT2D eigenvalue weighted by Crippen LogP contribution is -2.47. The monoisotopic (exact) mass is 321 g/mol. The Bertz CT molecular complexity index is 559. The van der Waals surface area contributed by atoms with Crippen LogP contribution >= 0.6 is 0 Å². The summed E-state index contributed by atoms with van der Waals surface area (Å²) in [7, 11) is 2.77. The largest absolute Gasteiger partial charge is 0.493 e. The normalized spacial score (nSPS) is 12.4. The van der Waals surface area contributed by atoms with Gasteiger partial charge in [-0.1, -0.05) is 6.07 Å². The van der Waals surface area contributed by atoms with Gasteiger partial charge in [-0.15, -0.1) is 0 Å². The van der Waals surface area contributed by atoms with Crippen molar-refractivity contribution in [2.75, 3.05) is 14.2 Å². The number of aliphatic carboxylic acids is 1. The lowest BCUT2D eigenvalue weighted by atomic mass is 10.1. The highest BCUT2D eigenvalue weighted by Crippen LogP contribution is 2.28. The number of alkyl halides is 3. The Morgan fingerprint density at radius 3 is 2.27 bits per heavy atom. The molecule has 122 valence electrons. The topological polar surface area (TPSA) is 84.9 Å². The summed E-state index contributed by atoms with van der Waals surface area (Å²) in [6.07, 6.45) is -5.48. The van der Waals surface area contributed by atoms with Gasteiger partial charge in [0.1, 0.15) is 6.04 Å². The van der Waals surface area contributed by atoms with E-state index in [1.165, 1.54) is 37.7 Å². The summed E-state index contributed by atoms with van der Waals surface area (Å²) >= 11 is 0. The highest BCUT2D eigenvalue weighted by atomic mass is 19.4. The van der Waals surface area contributed by atoms with Crippen molar-refractivity contribution in [2.24, 2.45) is 0 Å². The third-order valence-corrected chi connectivity index (χ3v) is 2.75. The molecular weight excluding hydrogens is 307 g/mol. The number of carbonyl (C=O) groups excluding carboxylic acids is 1. The molecule has 0 radical (unpaired) electrons. The number of methoxy groups -OCH3 is 2. The molecule has 1 amide bonds. The Labute approximate surface area is 123 Å². The van der Waals surface area contributed by atoms with E-state index < -0.39 is 24.1 Å². The van der Waals surface area contributed by atoms with Crippen molar-refractivity contribution in [2.45, 2.75) is 18.6 Å². The highest BCUT2D eigenvalue weighted by molar-refractivity contribution is 5.87. The average Bonchev–Trinajstić information content (AvgIpc) is 2.45. The average molecular weight is 321 g/mol. The zero-order chi connectivity index (χ0) is 16.9. The first-order chi connectivity index (χ1) is 10.2. The lowest BCUT2D eigenvalue weighted by molar-refractivity contribution is -0.175. The molecule has 2 N–H and O–H groups in total. The summed E-state index contributed by atoms with van der Waals surface area (Å²) in [5, 5.41) is 10.4. The van der Waals surface area contributed by atoms with Crippen LogP contribution in [0.15, 0.2) is 18.2 Å². The number of halogens is 3. The summed E-state index contributed by atoms with van der Waals surface area (Å²) in [5.41, 5.74) is 0.368. The third kappa shape index (κ3) is 4.54. The van der Waals surface area contributed by atoms with Crippen LogP contribution in [0.3, 0.4) is 0 Å². The number of hydrogen-bond donors (Lipinski definition) is 2. The molecular formula is C13H14F3NO5. The number of rotatable bonds is 6. The molecule has 1 atom stereocenters. The van der Waals surface area contributed by atoms with Crippen LogP contribution in [0.5, 0.6) is 11.5 Å². The van der Waals surface area contributed by atoms with E-state index in [2.05, 4.69) is 0 Å². The molecule has 0 aliphatic carbocycles. The summed E-state index contributed by atoms with van der Waals surface area (Å²) in [6, 6.07) is 2.66. The van der Waals surface area contributed by atoms with Gasteiger partial charge < -0.3 is 19.9 Å². The molecule has 0 saturated carbocycles. The van der Waals surface area contributed by atoms with Crippen molar-refractivity contribution >= 4 is 11.9 Å². The van der Waals surface area contributed by atoms with Crippen LogP contribution in [0.4, 0.5) is 13.2 Å². The second kappa shape index (κ2) is 7.01. The van der Waals surface area contributed by atoms with Gasteiger partial charge in [0.25, 0.3) is 0 Å². The quantitative estimate of drug-likeness (QED) is 0.827. The van der Waals surface area contributed by atoms with Gasteiger partial charge in [0, 0.05) is 6.42 Å². The maximum Gasteiger partial charge on any atom is 0.471 e. The number of hydrogen-bond acceptors (Lipinski definition) is 4. The molecule has 0 unspecified atom stereocenters. The first-order valence-corrected chi connectivity index (χ1v) is 6.00. The molecule has 1 rings (SSSR count). The fraction of sp³-hybridized carbons (Fsp3) is 0.385. The van der Waals surface area contributed by atoms with Crippen LogP contribution in [-0.2, 0) is 16.0 Å². The molecule has 0 fully saturated rings. The van der Waals surface area contributed by atoms with Crippen molar-refractivity contribution in [3.05, 3.63) is 23.8 Å². The number of benzene rings is 1. The molecule has 0 spiro atoms. The Balaban J connectivity index is 2.92. The molecule has 0 aromatic heterocycles. The SMILES string of the molecule is COc1ccc(C[C@H](NC(=O)C(F)(F)F)C(=O)O)cc1OC. The molecule has 6 nitrogen and oxygen atoms in total. The zero-order valence-electron chi connectivity index (χ0n) is 11.7. The van der Waals surface area contributed by atoms with Crippen LogP contribution in [-0.4, -0.2) is 43.4 Å². The van der Waals surface area contributed by atoms with Crippen LogP contribution in [0.2, 0.25) is 0 Å². The lowest BCUT2D eigenvalue weighted by Gasteiger charge is -2.16. The Hall–Kier alpha value is -2.45. The number of carboxylic acids is 1. The van der Waals surface area contributed by atoms with Crippen LogP contribution in [0, 0.1) is 0 Å². The second-order valence-corrected chi connectivity index (χ2v) is 4.26. The van der Waals surface area contributed by atoms with Crippen molar-refractivity contribution in [3.8, 4) is 11.5 Å². The Morgan fingerprint density at radius 1 is 1.23 bits per heavy atom. The van der Waals surface area contributed by atoms with Gasteiger partial charge in [-0.3, -0.25) is 4.79 Å². The number of amides is 1. The van der Waals surface area contributed by atoms with Crippen LogP contribution in [0.25, 0.3) is 0 Å². The fourth-order valence-electron chi connectivity index (χ4n) is 1.68. The third-order valence-electron chi connectivity index (χ3n) is 2.75. The van der Waals surface area contributed by atoms with E-state index in [1.54, 1.807) is 0 Å². The summed E-state index contributed by atoms with van der Waals surface area (Å²) in [6.45, 7) is 0. The second-order valence-electron chi connectivity index (χ2n) is 4.26. The van der Waals surface area contributed by atoms with E-state index in [4.69, 9.17) is 14.6 Å². The van der Waals surface area contributed by atoms with Crippen molar-refractivity contribution in [3.63, 3.8) is 0 Å². The van der Waals surface area contributed by atoms with Crippen molar-refractivity contribution < 1.29 is 37.3 Å². The minimum atomic E-state index is -5.15. The first-order valence-electron chi connectivity index (χ1n) is 6.00. The van der Waals surface area contributed by atoms with Crippen molar-refractivity contribution in [1.82, 2.24) is 5.32 Å². The number of ether oxygens (including phenoxy) is 2. The zero-order valence-corrected chi connectivity index (χ0v) is 11.7. The van der Waals surface area contributed by atoms with E-state index in [-0.39, 0.29) is 6.42 Å². The van der Waals surface area contributed by atoms with Crippen LogP contribution < -0.4 is 14.8 Å². The number of nitrogens with one attached hydrogen (secondary N) is 1. The molecule has 0 bridgehead atoms. The molecule has 1 aromatic carbocycles. The maximum atomic E-state index is 12.2. The summed E-state index contributed by atoms with van der Waals surface area (Å²) in [4.78, 5) is 21.9. The van der Waals surface area contributed by atoms with Gasteiger partial charge in [-0.2, -0.15) is 13.2 Å². The predicted octanol–water partition coefficient (Wildman–Crippen LogP) is 1.38. The number of carbonyl (C=O) groups is 2. The standard InChI is InChI=1S/C13H14F3NO5/c1-21-9-4-3-7(6-10(9)22-2)5-8(11(18)19)17-12(20)13(14,15)16/h3-4,6,8H,5H2,1-2H3,(H,17,20)(H,18,19)/t8-/m0/s1. The Morgan fingerprint density at radius 2 is 1.82 bits per heavy atom. The number of carboxylic acid groups (broad SMARTS) is 1. The summed E-state index contributed by atoms with van der Waals surface area (Å²) < 4.78 is 46.6. The molecule has 9 heteroatoms. The maximum absolute atomic E-state index is 12.2. The molecule has 0 heterocycles. The Kier molecular flexibility index (Phi) is 5.61. The predicted molar refractivity (Wildman–Crippen MR) is 68.9 cm³/mol. The van der Waals surface area contributed by atoms with E-state index in [0.29, 0.717) is 17.1 Å². The fourth-order valence-corrected chi connectivity index (χ4v) is 1.68. The van der Waals surface area contributed by atoms with Gasteiger partial charge in [0.2, 0.25) is 0 Å². The van der Waals surface area contributed by atoms with E-state index >= 15 is 0 Å². The van der Waals surface area contributed by atoms with Gasteiger partial charge in [0.15, 0.2) is 11.5 Å². The van der Waals surface area contributed by atoms with Crippen LogP contribution in [0.1, 0.15) is 5.56 Å². The summed E-state index contributed by atoms with van der Waals surface area (Å²) in [5.74, 6) is -3.20. The minimum Gasteiger partial charge on any atom is -0.493 e. The first kappa shape index (κ1) is 17.6. The van der Waals surface area contributed by atoms with E-state index in [9.17, 15) is 22.8 Å². The van der Waals surface area contributed by atoms with Gasteiger partial charge in [-0.05, 0) is 17.7 Å². The van der Waals surface area contributed by atoms with Gasteiger partial charge in [0.05, 0.1) is 14.2 Å². The molecule has 0 aliphatic rings. The molecule has 22 heavy (non-hydrogen) atoms.